The maximum atomic E-state index is 12.7. The van der Waals surface area contributed by atoms with Crippen molar-refractivity contribution in [2.45, 2.75) is 6.10 Å². The molecule has 0 spiro atoms. The number of rotatable bonds is 5. The molecule has 3 aromatic rings. The number of aromatic nitrogens is 2. The van der Waals surface area contributed by atoms with Crippen LogP contribution in [-0.4, -0.2) is 42.3 Å². The third kappa shape index (κ3) is 5.16. The second kappa shape index (κ2) is 9.65. The van der Waals surface area contributed by atoms with Crippen LogP contribution in [0, 0.1) is 5.92 Å². The first kappa shape index (κ1) is 21.6. The Hall–Kier alpha value is -2.65. The molecule has 31 heavy (non-hydrogen) atoms. The van der Waals surface area contributed by atoms with Crippen LogP contribution >= 0.6 is 23.2 Å². The SMILES string of the molecule is O=C(NCC1CNCCOC1c1ccc(Cl)c(Cl)c1)c1ccc(-c2noc(=O)[nH]2)cc1. The van der Waals surface area contributed by atoms with Gasteiger partial charge in [0.15, 0.2) is 5.82 Å². The van der Waals surface area contributed by atoms with E-state index in [1.807, 2.05) is 12.1 Å². The summed E-state index contributed by atoms with van der Waals surface area (Å²) in [7, 11) is 0. The van der Waals surface area contributed by atoms with Crippen LogP contribution < -0.4 is 16.4 Å². The van der Waals surface area contributed by atoms with Crippen LogP contribution in [0.25, 0.3) is 11.4 Å². The van der Waals surface area contributed by atoms with Crippen LogP contribution in [0.1, 0.15) is 22.0 Å². The Balaban J connectivity index is 1.43. The van der Waals surface area contributed by atoms with Crippen molar-refractivity contribution in [2.75, 3.05) is 26.2 Å². The van der Waals surface area contributed by atoms with E-state index in [1.54, 1.807) is 30.3 Å². The van der Waals surface area contributed by atoms with E-state index in [0.29, 0.717) is 46.7 Å². The summed E-state index contributed by atoms with van der Waals surface area (Å²) in [6.45, 7) is 2.38. The Morgan fingerprint density at radius 3 is 2.68 bits per heavy atom. The maximum absolute atomic E-state index is 12.7. The van der Waals surface area contributed by atoms with Crippen molar-refractivity contribution >= 4 is 29.1 Å². The molecule has 1 aromatic heterocycles. The lowest BCUT2D eigenvalue weighted by Crippen LogP contribution is -2.36. The number of nitrogens with one attached hydrogen (secondary N) is 3. The van der Waals surface area contributed by atoms with Crippen molar-refractivity contribution in [3.8, 4) is 11.4 Å². The van der Waals surface area contributed by atoms with E-state index >= 15 is 0 Å². The van der Waals surface area contributed by atoms with E-state index in [4.69, 9.17) is 27.9 Å². The van der Waals surface area contributed by atoms with Gasteiger partial charge in [0.1, 0.15) is 0 Å². The Kier molecular flexibility index (Phi) is 6.72. The largest absolute Gasteiger partial charge is 0.439 e. The van der Waals surface area contributed by atoms with E-state index in [1.165, 1.54) is 0 Å². The average molecular weight is 463 g/mol. The van der Waals surface area contributed by atoms with E-state index in [0.717, 1.165) is 12.1 Å². The van der Waals surface area contributed by atoms with Crippen LogP contribution in [0.4, 0.5) is 0 Å². The Bertz CT molecular complexity index is 1110. The van der Waals surface area contributed by atoms with Gasteiger partial charge in [-0.15, -0.1) is 0 Å². The number of halogens is 2. The van der Waals surface area contributed by atoms with Gasteiger partial charge in [-0.1, -0.05) is 46.6 Å². The standard InChI is InChI=1S/C21H20Cl2N4O4/c22-16-6-5-14(9-17(16)23)18-15(10-24-7-8-30-18)11-25-20(28)13-3-1-12(2-4-13)19-26-21(29)31-27-19/h1-6,9,15,18,24H,7-8,10-11H2,(H,25,28)(H,26,27,29). The molecule has 2 heterocycles. The highest BCUT2D eigenvalue weighted by Gasteiger charge is 2.27. The summed E-state index contributed by atoms with van der Waals surface area (Å²) in [5, 5.41) is 10.9. The smallest absolute Gasteiger partial charge is 0.372 e. The number of H-pyrrole nitrogens is 1. The summed E-state index contributed by atoms with van der Waals surface area (Å²) in [5.74, 6) is -0.531. The number of nitrogens with zero attached hydrogens (tertiary/aromatic N) is 1. The number of amides is 1. The van der Waals surface area contributed by atoms with Gasteiger partial charge in [0.2, 0.25) is 0 Å². The van der Waals surface area contributed by atoms with Gasteiger partial charge < -0.3 is 15.4 Å². The summed E-state index contributed by atoms with van der Waals surface area (Å²) >= 11 is 12.2. The minimum absolute atomic E-state index is 0.00294. The molecule has 0 bridgehead atoms. The van der Waals surface area contributed by atoms with Gasteiger partial charge >= 0.3 is 5.76 Å². The molecule has 4 rings (SSSR count). The van der Waals surface area contributed by atoms with Crippen LogP contribution in [0.3, 0.4) is 0 Å². The van der Waals surface area contributed by atoms with Crippen molar-refractivity contribution in [2.24, 2.45) is 5.92 Å². The number of hydrogen-bond donors (Lipinski definition) is 3. The molecule has 1 aliphatic heterocycles. The second-order valence-corrected chi connectivity index (χ2v) is 7.97. The number of benzene rings is 2. The summed E-state index contributed by atoms with van der Waals surface area (Å²) in [6.07, 6.45) is -0.226. The first-order valence-corrected chi connectivity index (χ1v) is 10.5. The summed E-state index contributed by atoms with van der Waals surface area (Å²) in [4.78, 5) is 26.2. The molecular formula is C21H20Cl2N4O4. The van der Waals surface area contributed by atoms with Crippen LogP contribution in [-0.2, 0) is 4.74 Å². The molecule has 10 heteroatoms. The molecule has 0 radical (unpaired) electrons. The fourth-order valence-electron chi connectivity index (χ4n) is 3.49. The highest BCUT2D eigenvalue weighted by atomic mass is 35.5. The lowest BCUT2D eigenvalue weighted by molar-refractivity contribution is 0.0306. The second-order valence-electron chi connectivity index (χ2n) is 7.16. The summed E-state index contributed by atoms with van der Waals surface area (Å²) in [5.41, 5.74) is 2.05. The molecule has 3 N–H and O–H groups in total. The van der Waals surface area contributed by atoms with Crippen LogP contribution in [0.15, 0.2) is 51.8 Å². The third-order valence-electron chi connectivity index (χ3n) is 5.07. The predicted molar refractivity (Wildman–Crippen MR) is 116 cm³/mol. The number of carbonyl (C=O) groups is 1. The van der Waals surface area contributed by atoms with Gasteiger partial charge in [0.05, 0.1) is 22.8 Å². The molecule has 0 aliphatic carbocycles. The molecule has 2 unspecified atom stereocenters. The van der Waals surface area contributed by atoms with Gasteiger partial charge in [-0.2, -0.15) is 0 Å². The molecule has 8 nitrogen and oxygen atoms in total. The highest BCUT2D eigenvalue weighted by Crippen LogP contribution is 2.32. The van der Waals surface area contributed by atoms with Crippen molar-refractivity contribution < 1.29 is 14.1 Å². The molecule has 2 atom stereocenters. The zero-order valence-electron chi connectivity index (χ0n) is 16.4. The molecule has 1 amide bonds. The van der Waals surface area contributed by atoms with Crippen LogP contribution in [0.5, 0.6) is 0 Å². The van der Waals surface area contributed by atoms with Crippen LogP contribution in [0.2, 0.25) is 10.0 Å². The number of hydrogen-bond acceptors (Lipinski definition) is 6. The van der Waals surface area contributed by atoms with Gasteiger partial charge in [-0.05, 0) is 29.8 Å². The minimum atomic E-state index is -0.632. The Morgan fingerprint density at radius 2 is 1.97 bits per heavy atom. The highest BCUT2D eigenvalue weighted by molar-refractivity contribution is 6.42. The van der Waals surface area contributed by atoms with Crippen molar-refractivity contribution in [1.82, 2.24) is 20.8 Å². The third-order valence-corrected chi connectivity index (χ3v) is 5.81. The Morgan fingerprint density at radius 1 is 1.16 bits per heavy atom. The molecule has 0 saturated carbocycles. The van der Waals surface area contributed by atoms with E-state index in [2.05, 4.69) is 25.3 Å². The topological polar surface area (TPSA) is 109 Å². The number of carbonyl (C=O) groups excluding carboxylic acids is 1. The average Bonchev–Trinajstić information content (AvgIpc) is 3.07. The number of ether oxygens (including phenoxy) is 1. The van der Waals surface area contributed by atoms with Gasteiger partial charge in [0, 0.05) is 36.7 Å². The van der Waals surface area contributed by atoms with E-state index < -0.39 is 5.76 Å². The van der Waals surface area contributed by atoms with Gasteiger partial charge in [-0.25, -0.2) is 4.79 Å². The number of aromatic amines is 1. The lowest BCUT2D eigenvalue weighted by Gasteiger charge is -2.25. The van der Waals surface area contributed by atoms with Crippen molar-refractivity contribution in [3.63, 3.8) is 0 Å². The predicted octanol–water partition coefficient (Wildman–Crippen LogP) is 3.04. The molecule has 1 fully saturated rings. The normalized spacial score (nSPS) is 19.0. The monoisotopic (exact) mass is 462 g/mol. The van der Waals surface area contributed by atoms with Crippen molar-refractivity contribution in [1.29, 1.82) is 0 Å². The summed E-state index contributed by atoms with van der Waals surface area (Å²) in [6, 6.07) is 12.2. The van der Waals surface area contributed by atoms with Gasteiger partial charge in [-0.3, -0.25) is 14.3 Å². The zero-order chi connectivity index (χ0) is 21.8. The fourth-order valence-corrected chi connectivity index (χ4v) is 3.79. The quantitative estimate of drug-likeness (QED) is 0.537. The van der Waals surface area contributed by atoms with E-state index in [-0.39, 0.29) is 17.9 Å². The first-order chi connectivity index (χ1) is 15.0. The molecule has 1 aliphatic rings. The molecule has 162 valence electrons. The zero-order valence-corrected chi connectivity index (χ0v) is 17.9. The van der Waals surface area contributed by atoms with E-state index in [9.17, 15) is 9.59 Å². The first-order valence-electron chi connectivity index (χ1n) is 9.73. The summed E-state index contributed by atoms with van der Waals surface area (Å²) < 4.78 is 10.5. The maximum Gasteiger partial charge on any atom is 0.439 e. The Labute approximate surface area is 187 Å². The minimum Gasteiger partial charge on any atom is -0.372 e. The van der Waals surface area contributed by atoms with Gasteiger partial charge in [0.25, 0.3) is 5.91 Å². The molecule has 1 saturated heterocycles. The molecule has 2 aromatic carbocycles. The van der Waals surface area contributed by atoms with Crippen molar-refractivity contribution in [3.05, 3.63) is 74.2 Å². The fraction of sp³-hybridized carbons (Fsp3) is 0.286. The molecular weight excluding hydrogens is 443 g/mol. The lowest BCUT2D eigenvalue weighted by atomic mass is 9.95.